The number of aryl methyl sites for hydroxylation is 4. The molecule has 0 atom stereocenters. The Bertz CT molecular complexity index is 1190. The van der Waals surface area contributed by atoms with Crippen molar-refractivity contribution in [2.45, 2.75) is 25.7 Å². The summed E-state index contributed by atoms with van der Waals surface area (Å²) >= 11 is 0. The number of aromatic carboxylic acids is 1. The fourth-order valence-electron chi connectivity index (χ4n) is 3.91. The molecular weight excluding hydrogens is 384 g/mol. The Kier molecular flexibility index (Phi) is 6.32. The summed E-state index contributed by atoms with van der Waals surface area (Å²) in [6, 6.07) is 29.3. The van der Waals surface area contributed by atoms with Crippen molar-refractivity contribution >= 4 is 16.7 Å². The second kappa shape index (κ2) is 9.48. The van der Waals surface area contributed by atoms with E-state index in [1.165, 1.54) is 34.6 Å². The van der Waals surface area contributed by atoms with Gasteiger partial charge in [0.1, 0.15) is 11.3 Å². The molecule has 0 amide bonds. The van der Waals surface area contributed by atoms with Crippen molar-refractivity contribution in [3.05, 3.63) is 113 Å². The lowest BCUT2D eigenvalue weighted by Gasteiger charge is -2.09. The Morgan fingerprint density at radius 3 is 1.81 bits per heavy atom. The van der Waals surface area contributed by atoms with Crippen molar-refractivity contribution < 1.29 is 14.6 Å². The van der Waals surface area contributed by atoms with E-state index in [1.807, 2.05) is 12.1 Å². The number of benzene rings is 4. The summed E-state index contributed by atoms with van der Waals surface area (Å²) in [6.45, 7) is 0. The molecule has 0 aliphatic rings. The fraction of sp³-hybridized carbons (Fsp3) is 0.179. The maximum absolute atomic E-state index is 11.2. The number of hydrogen-bond donors (Lipinski definition) is 1. The lowest BCUT2D eigenvalue weighted by Crippen LogP contribution is -2.02. The summed E-state index contributed by atoms with van der Waals surface area (Å²) in [5.41, 5.74) is 5.24. The highest BCUT2D eigenvalue weighted by Crippen LogP contribution is 2.22. The van der Waals surface area contributed by atoms with Gasteiger partial charge in [0.25, 0.3) is 0 Å². The SMILES string of the molecule is COc1cc(CCc2ccc(CCc3ccc4ccccc4c3)cc2)ccc1C(=O)O. The molecule has 0 aliphatic carbocycles. The molecule has 0 bridgehead atoms. The van der Waals surface area contributed by atoms with E-state index in [2.05, 4.69) is 66.7 Å². The molecule has 0 spiro atoms. The Morgan fingerprint density at radius 1 is 0.677 bits per heavy atom. The van der Waals surface area contributed by atoms with E-state index in [4.69, 9.17) is 4.74 Å². The van der Waals surface area contributed by atoms with Gasteiger partial charge in [-0.1, -0.05) is 72.8 Å². The van der Waals surface area contributed by atoms with Crippen LogP contribution in [0.4, 0.5) is 0 Å². The molecule has 3 nitrogen and oxygen atoms in total. The predicted molar refractivity (Wildman–Crippen MR) is 125 cm³/mol. The quantitative estimate of drug-likeness (QED) is 0.381. The van der Waals surface area contributed by atoms with Gasteiger partial charge in [-0.05, 0) is 70.8 Å². The lowest BCUT2D eigenvalue weighted by atomic mass is 9.98. The van der Waals surface area contributed by atoms with Crippen LogP contribution < -0.4 is 4.74 Å². The van der Waals surface area contributed by atoms with Gasteiger partial charge < -0.3 is 9.84 Å². The Hall–Kier alpha value is -3.59. The van der Waals surface area contributed by atoms with E-state index in [0.29, 0.717) is 5.75 Å². The molecule has 4 rings (SSSR count). The zero-order valence-corrected chi connectivity index (χ0v) is 17.7. The van der Waals surface area contributed by atoms with Gasteiger partial charge in [-0.15, -0.1) is 0 Å². The van der Waals surface area contributed by atoms with Crippen LogP contribution in [0, 0.1) is 0 Å². The minimum atomic E-state index is -0.970. The monoisotopic (exact) mass is 410 g/mol. The minimum Gasteiger partial charge on any atom is -0.496 e. The van der Waals surface area contributed by atoms with Crippen LogP contribution in [-0.4, -0.2) is 18.2 Å². The summed E-state index contributed by atoms with van der Waals surface area (Å²) < 4.78 is 5.22. The third-order valence-electron chi connectivity index (χ3n) is 5.74. The highest BCUT2D eigenvalue weighted by atomic mass is 16.5. The topological polar surface area (TPSA) is 46.5 Å². The summed E-state index contributed by atoms with van der Waals surface area (Å²) in [5.74, 6) is -0.559. The van der Waals surface area contributed by atoms with Gasteiger partial charge in [-0.3, -0.25) is 0 Å². The number of ether oxygens (including phenoxy) is 1. The zero-order chi connectivity index (χ0) is 21.6. The van der Waals surface area contributed by atoms with Crippen LogP contribution in [0.3, 0.4) is 0 Å². The first-order chi connectivity index (χ1) is 15.1. The number of hydrogen-bond acceptors (Lipinski definition) is 2. The van der Waals surface area contributed by atoms with E-state index in [0.717, 1.165) is 31.2 Å². The Morgan fingerprint density at radius 2 is 1.19 bits per heavy atom. The average Bonchev–Trinajstić information content (AvgIpc) is 2.81. The van der Waals surface area contributed by atoms with Crippen LogP contribution in [0.25, 0.3) is 10.8 Å². The Balaban J connectivity index is 1.34. The van der Waals surface area contributed by atoms with E-state index in [1.54, 1.807) is 6.07 Å². The number of fused-ring (bicyclic) bond motifs is 1. The van der Waals surface area contributed by atoms with Crippen molar-refractivity contribution in [3.63, 3.8) is 0 Å². The maximum atomic E-state index is 11.2. The van der Waals surface area contributed by atoms with E-state index >= 15 is 0 Å². The normalized spacial score (nSPS) is 10.9. The molecule has 0 heterocycles. The molecule has 0 unspecified atom stereocenters. The standard InChI is InChI=1S/C28H26O3/c1-31-27-19-23(15-17-26(27)28(29)30)13-11-21-8-6-20(7-9-21)10-12-22-14-16-24-4-2-3-5-25(24)18-22/h2-9,14-19H,10-13H2,1H3,(H,29,30). The largest absolute Gasteiger partial charge is 0.496 e. The minimum absolute atomic E-state index is 0.196. The summed E-state index contributed by atoms with van der Waals surface area (Å²) in [4.78, 5) is 11.2. The van der Waals surface area contributed by atoms with Crippen LogP contribution in [-0.2, 0) is 25.7 Å². The first-order valence-electron chi connectivity index (χ1n) is 10.6. The third kappa shape index (κ3) is 5.13. The molecule has 0 fully saturated rings. The van der Waals surface area contributed by atoms with Crippen molar-refractivity contribution in [2.75, 3.05) is 7.11 Å². The van der Waals surface area contributed by atoms with Gasteiger partial charge in [0.15, 0.2) is 0 Å². The first kappa shape index (κ1) is 20.7. The number of carboxylic acids is 1. The van der Waals surface area contributed by atoms with Crippen molar-refractivity contribution in [3.8, 4) is 5.75 Å². The third-order valence-corrected chi connectivity index (χ3v) is 5.74. The van der Waals surface area contributed by atoms with Gasteiger partial charge in [0.2, 0.25) is 0 Å². The zero-order valence-electron chi connectivity index (χ0n) is 17.7. The molecule has 4 aromatic rings. The van der Waals surface area contributed by atoms with Crippen molar-refractivity contribution in [1.82, 2.24) is 0 Å². The number of carboxylic acid groups (broad SMARTS) is 1. The molecule has 31 heavy (non-hydrogen) atoms. The first-order valence-corrected chi connectivity index (χ1v) is 10.6. The maximum Gasteiger partial charge on any atom is 0.339 e. The van der Waals surface area contributed by atoms with Crippen molar-refractivity contribution in [1.29, 1.82) is 0 Å². The molecule has 0 saturated heterocycles. The lowest BCUT2D eigenvalue weighted by molar-refractivity contribution is 0.0693. The fourth-order valence-corrected chi connectivity index (χ4v) is 3.91. The summed E-state index contributed by atoms with van der Waals surface area (Å²) in [5, 5.41) is 11.8. The van der Waals surface area contributed by atoms with Gasteiger partial charge in [-0.2, -0.15) is 0 Å². The molecular formula is C28H26O3. The van der Waals surface area contributed by atoms with Crippen LogP contribution in [0.1, 0.15) is 32.6 Å². The van der Waals surface area contributed by atoms with Crippen molar-refractivity contribution in [2.24, 2.45) is 0 Å². The van der Waals surface area contributed by atoms with Gasteiger partial charge >= 0.3 is 5.97 Å². The summed E-state index contributed by atoms with van der Waals surface area (Å²) in [7, 11) is 1.50. The van der Waals surface area contributed by atoms with Crippen LogP contribution in [0.15, 0.2) is 84.9 Å². The molecule has 3 heteroatoms. The molecule has 0 aliphatic heterocycles. The number of carbonyl (C=O) groups is 1. The van der Waals surface area contributed by atoms with Gasteiger partial charge in [0.05, 0.1) is 7.11 Å². The molecule has 156 valence electrons. The van der Waals surface area contributed by atoms with Crippen LogP contribution in [0.5, 0.6) is 5.75 Å². The molecule has 4 aromatic carbocycles. The molecule has 1 N–H and O–H groups in total. The highest BCUT2D eigenvalue weighted by Gasteiger charge is 2.11. The predicted octanol–water partition coefficient (Wildman–Crippen LogP) is 6.12. The van der Waals surface area contributed by atoms with E-state index in [9.17, 15) is 9.90 Å². The van der Waals surface area contributed by atoms with Crippen LogP contribution in [0.2, 0.25) is 0 Å². The van der Waals surface area contributed by atoms with Crippen LogP contribution >= 0.6 is 0 Å². The van der Waals surface area contributed by atoms with Gasteiger partial charge in [0, 0.05) is 0 Å². The Labute approximate surface area is 182 Å². The van der Waals surface area contributed by atoms with Gasteiger partial charge in [-0.25, -0.2) is 4.79 Å². The molecule has 0 aromatic heterocycles. The molecule has 0 radical (unpaired) electrons. The smallest absolute Gasteiger partial charge is 0.339 e. The van der Waals surface area contributed by atoms with E-state index in [-0.39, 0.29) is 5.56 Å². The number of methoxy groups -OCH3 is 1. The second-order valence-electron chi connectivity index (χ2n) is 7.84. The molecule has 0 saturated carbocycles. The average molecular weight is 411 g/mol. The highest BCUT2D eigenvalue weighted by molar-refractivity contribution is 5.91. The summed E-state index contributed by atoms with van der Waals surface area (Å²) in [6.07, 6.45) is 3.79. The number of rotatable bonds is 8. The second-order valence-corrected chi connectivity index (χ2v) is 7.84. The van der Waals surface area contributed by atoms with E-state index < -0.39 is 5.97 Å².